The van der Waals surface area contributed by atoms with E-state index in [1.807, 2.05) is 0 Å². The van der Waals surface area contributed by atoms with Gasteiger partial charge in [-0.05, 0) is 47.7 Å². The van der Waals surface area contributed by atoms with E-state index in [-0.39, 0.29) is 25.8 Å². The third kappa shape index (κ3) is 4.37. The Bertz CT molecular complexity index is 1320. The number of nitrogens with one attached hydrogen (secondary N) is 2. The number of aromatic nitrogens is 2. The van der Waals surface area contributed by atoms with Gasteiger partial charge in [-0.3, -0.25) is 24.4 Å². The van der Waals surface area contributed by atoms with Crippen LogP contribution in [-0.4, -0.2) is 52.0 Å². The van der Waals surface area contributed by atoms with Crippen LogP contribution in [0.4, 0.5) is 4.79 Å². The van der Waals surface area contributed by atoms with Crippen LogP contribution >= 0.6 is 23.4 Å². The number of amides is 3. The van der Waals surface area contributed by atoms with Crippen molar-refractivity contribution in [3.05, 3.63) is 69.7 Å². The van der Waals surface area contributed by atoms with Crippen LogP contribution in [0.15, 0.2) is 53.6 Å². The van der Waals surface area contributed by atoms with Crippen LogP contribution in [-0.2, 0) is 4.79 Å². The summed E-state index contributed by atoms with van der Waals surface area (Å²) in [6, 6.07) is 12.3. The van der Waals surface area contributed by atoms with Crippen LogP contribution in [0.2, 0.25) is 5.02 Å². The van der Waals surface area contributed by atoms with E-state index in [0.717, 1.165) is 27.8 Å². The summed E-state index contributed by atoms with van der Waals surface area (Å²) in [6.07, 6.45) is 3.06. The highest BCUT2D eigenvalue weighted by atomic mass is 35.5. The molecule has 2 N–H and O–H groups in total. The summed E-state index contributed by atoms with van der Waals surface area (Å²) in [5, 5.41) is 9.70. The number of fused-ring (bicyclic) bond motifs is 1. The van der Waals surface area contributed by atoms with Crippen LogP contribution in [0, 0.1) is 0 Å². The Kier molecular flexibility index (Phi) is 5.99. The van der Waals surface area contributed by atoms with Gasteiger partial charge < -0.3 is 14.8 Å². The number of hydrogen-bond donors (Lipinski definition) is 2. The number of imide groups is 1. The zero-order valence-electron chi connectivity index (χ0n) is 17.5. The SMILES string of the molecule is O=C(NCCN1C(=O)S/C(=C\c2ccc3c(c2)OCO3)C1=O)c1cn[nH]c1-c1ccc(Cl)cc1. The maximum atomic E-state index is 12.7. The van der Waals surface area contributed by atoms with E-state index in [9.17, 15) is 14.4 Å². The molecule has 0 aliphatic carbocycles. The molecule has 34 heavy (non-hydrogen) atoms. The normalized spacial score (nSPS) is 15.9. The second-order valence-corrected chi connectivity index (χ2v) is 8.80. The lowest BCUT2D eigenvalue weighted by molar-refractivity contribution is -0.122. The monoisotopic (exact) mass is 496 g/mol. The topological polar surface area (TPSA) is 114 Å². The Morgan fingerprint density at radius 2 is 1.97 bits per heavy atom. The summed E-state index contributed by atoms with van der Waals surface area (Å²) in [6.45, 7) is 0.295. The quantitative estimate of drug-likeness (QED) is 0.497. The van der Waals surface area contributed by atoms with E-state index in [2.05, 4.69) is 15.5 Å². The Hall–Kier alpha value is -3.76. The highest BCUT2D eigenvalue weighted by Crippen LogP contribution is 2.36. The molecular weight excluding hydrogens is 480 g/mol. The van der Waals surface area contributed by atoms with Gasteiger partial charge in [-0.25, -0.2) is 0 Å². The summed E-state index contributed by atoms with van der Waals surface area (Å²) in [5.74, 6) is 0.444. The van der Waals surface area contributed by atoms with E-state index in [4.69, 9.17) is 21.1 Å². The van der Waals surface area contributed by atoms with Crippen molar-refractivity contribution >= 4 is 46.5 Å². The molecule has 172 valence electrons. The molecule has 0 spiro atoms. The Morgan fingerprint density at radius 3 is 2.79 bits per heavy atom. The van der Waals surface area contributed by atoms with E-state index in [0.29, 0.717) is 32.7 Å². The first-order valence-corrected chi connectivity index (χ1v) is 11.4. The number of aromatic amines is 1. The molecule has 1 fully saturated rings. The molecular formula is C23H17ClN4O5S. The molecule has 0 radical (unpaired) electrons. The fraction of sp³-hybridized carbons (Fsp3) is 0.130. The zero-order chi connectivity index (χ0) is 23.7. The van der Waals surface area contributed by atoms with Crippen molar-refractivity contribution in [2.75, 3.05) is 19.9 Å². The van der Waals surface area contributed by atoms with Crippen molar-refractivity contribution < 1.29 is 23.9 Å². The lowest BCUT2D eigenvalue weighted by Crippen LogP contribution is -2.37. The number of rotatable bonds is 6. The fourth-order valence-corrected chi connectivity index (χ4v) is 4.51. The smallest absolute Gasteiger partial charge is 0.293 e. The Balaban J connectivity index is 1.21. The van der Waals surface area contributed by atoms with Crippen LogP contribution in [0.1, 0.15) is 15.9 Å². The van der Waals surface area contributed by atoms with Crippen molar-refractivity contribution in [3.8, 4) is 22.8 Å². The number of hydrogen-bond acceptors (Lipinski definition) is 7. The number of thioether (sulfide) groups is 1. The highest BCUT2D eigenvalue weighted by molar-refractivity contribution is 8.18. The lowest BCUT2D eigenvalue weighted by atomic mass is 10.1. The average Bonchev–Trinajstić information content (AvgIpc) is 3.55. The third-order valence-electron chi connectivity index (χ3n) is 5.21. The number of carbonyl (C=O) groups is 3. The number of carbonyl (C=O) groups excluding carboxylic acids is 3. The number of nitrogens with zero attached hydrogens (tertiary/aromatic N) is 2. The number of H-pyrrole nitrogens is 1. The van der Waals surface area contributed by atoms with Gasteiger partial charge in [0.25, 0.3) is 17.1 Å². The molecule has 3 amide bonds. The van der Waals surface area contributed by atoms with Crippen LogP contribution in [0.3, 0.4) is 0 Å². The number of ether oxygens (including phenoxy) is 2. The molecule has 5 rings (SSSR count). The molecule has 3 aromatic rings. The van der Waals surface area contributed by atoms with E-state index >= 15 is 0 Å². The molecule has 2 aliphatic heterocycles. The predicted octanol–water partition coefficient (Wildman–Crippen LogP) is 3.93. The molecule has 0 atom stereocenters. The molecule has 1 saturated heterocycles. The van der Waals surface area contributed by atoms with Gasteiger partial charge in [-0.2, -0.15) is 5.10 Å². The van der Waals surface area contributed by atoms with Gasteiger partial charge in [0.05, 0.1) is 22.4 Å². The van der Waals surface area contributed by atoms with Crippen molar-refractivity contribution in [1.29, 1.82) is 0 Å². The first-order chi connectivity index (χ1) is 16.5. The van der Waals surface area contributed by atoms with E-state index in [1.165, 1.54) is 6.20 Å². The van der Waals surface area contributed by atoms with Crippen LogP contribution < -0.4 is 14.8 Å². The van der Waals surface area contributed by atoms with Gasteiger partial charge in [-0.15, -0.1) is 0 Å². The standard InChI is InChI=1S/C23H17ClN4O5S/c24-15-4-2-14(3-5-15)20-16(11-26-27-20)21(29)25-7-8-28-22(30)19(34-23(28)31)10-13-1-6-17-18(9-13)33-12-32-17/h1-6,9-11H,7-8,12H2,(H,25,29)(H,26,27)/b19-10-. The Labute approximate surface area is 203 Å². The number of halogens is 1. The summed E-state index contributed by atoms with van der Waals surface area (Å²) in [7, 11) is 0. The van der Waals surface area contributed by atoms with Crippen molar-refractivity contribution in [3.63, 3.8) is 0 Å². The minimum absolute atomic E-state index is 0.0447. The third-order valence-corrected chi connectivity index (χ3v) is 6.37. The highest BCUT2D eigenvalue weighted by Gasteiger charge is 2.34. The molecule has 0 saturated carbocycles. The Morgan fingerprint density at radius 1 is 1.18 bits per heavy atom. The molecule has 9 nitrogen and oxygen atoms in total. The van der Waals surface area contributed by atoms with Crippen molar-refractivity contribution in [2.45, 2.75) is 0 Å². The minimum atomic E-state index is -0.410. The summed E-state index contributed by atoms with van der Waals surface area (Å²) >= 11 is 6.78. The second-order valence-electron chi connectivity index (χ2n) is 7.37. The maximum Gasteiger partial charge on any atom is 0.293 e. The summed E-state index contributed by atoms with van der Waals surface area (Å²) < 4.78 is 10.6. The van der Waals surface area contributed by atoms with E-state index < -0.39 is 11.1 Å². The summed E-state index contributed by atoms with van der Waals surface area (Å²) in [5.41, 5.74) is 2.37. The summed E-state index contributed by atoms with van der Waals surface area (Å²) in [4.78, 5) is 39.2. The van der Waals surface area contributed by atoms with Gasteiger partial charge >= 0.3 is 0 Å². The molecule has 11 heteroatoms. The lowest BCUT2D eigenvalue weighted by Gasteiger charge is -2.13. The fourth-order valence-electron chi connectivity index (χ4n) is 3.52. The molecule has 2 aliphatic rings. The molecule has 1 aromatic heterocycles. The molecule has 0 unspecified atom stereocenters. The first kappa shape index (κ1) is 22.1. The van der Waals surface area contributed by atoms with Crippen molar-refractivity contribution in [2.24, 2.45) is 0 Å². The molecule has 0 bridgehead atoms. The largest absolute Gasteiger partial charge is 0.454 e. The van der Waals surface area contributed by atoms with Crippen LogP contribution in [0.25, 0.3) is 17.3 Å². The first-order valence-electron chi connectivity index (χ1n) is 10.2. The van der Waals surface area contributed by atoms with Gasteiger partial charge in [0.2, 0.25) is 6.79 Å². The number of benzene rings is 2. The van der Waals surface area contributed by atoms with Gasteiger partial charge in [0, 0.05) is 23.7 Å². The maximum absolute atomic E-state index is 12.7. The minimum Gasteiger partial charge on any atom is -0.454 e. The van der Waals surface area contributed by atoms with Gasteiger partial charge in [-0.1, -0.05) is 29.8 Å². The molecule has 3 heterocycles. The van der Waals surface area contributed by atoms with E-state index in [1.54, 1.807) is 48.5 Å². The van der Waals surface area contributed by atoms with Gasteiger partial charge in [0.1, 0.15) is 0 Å². The zero-order valence-corrected chi connectivity index (χ0v) is 19.1. The molecule has 2 aromatic carbocycles. The average molecular weight is 497 g/mol. The van der Waals surface area contributed by atoms with Gasteiger partial charge in [0.15, 0.2) is 11.5 Å². The van der Waals surface area contributed by atoms with Crippen LogP contribution in [0.5, 0.6) is 11.5 Å². The second kappa shape index (κ2) is 9.24. The predicted molar refractivity (Wildman–Crippen MR) is 127 cm³/mol. The van der Waals surface area contributed by atoms with Crippen molar-refractivity contribution in [1.82, 2.24) is 20.4 Å².